The Kier molecular flexibility index (Phi) is 1.97. The first-order chi connectivity index (χ1) is 13.6. The van der Waals surface area contributed by atoms with Crippen LogP contribution in [0.2, 0.25) is 0 Å². The number of rotatable bonds is 0. The van der Waals surface area contributed by atoms with E-state index in [9.17, 15) is 14.7 Å². The molecule has 4 heterocycles. The Morgan fingerprint density at radius 1 is 0.893 bits per heavy atom. The van der Waals surface area contributed by atoms with Gasteiger partial charge in [-0.15, -0.1) is 0 Å². The van der Waals surface area contributed by atoms with Crippen LogP contribution in [0, 0.1) is 0 Å². The molecule has 140 valence electrons. The topological polar surface area (TPSA) is 110 Å². The highest BCUT2D eigenvalue weighted by atomic mass is 16.8. The van der Waals surface area contributed by atoms with Crippen LogP contribution in [0.1, 0.15) is 0 Å². The Bertz CT molecular complexity index is 1130. The highest BCUT2D eigenvalue weighted by Crippen LogP contribution is 2.73. The minimum Gasteiger partial charge on any atom is -0.446 e. The van der Waals surface area contributed by atoms with E-state index >= 15 is 0 Å². The predicted octanol–water partition coefficient (Wildman–Crippen LogP) is -0.124. The van der Waals surface area contributed by atoms with Gasteiger partial charge in [-0.1, -0.05) is 24.3 Å². The highest BCUT2D eigenvalue weighted by Gasteiger charge is 3.03. The number of Topliss-reactive ketones (excluding diaryl/α,β-unsaturated/α-hetero) is 2. The zero-order valence-electron chi connectivity index (χ0n) is 14.2. The van der Waals surface area contributed by atoms with E-state index in [-0.39, 0.29) is 0 Å². The molecule has 1 N–H and O–H groups in total. The average Bonchev–Trinajstić information content (AvgIpc) is 3.59. The van der Waals surface area contributed by atoms with Gasteiger partial charge in [0.15, 0.2) is 12.2 Å². The second kappa shape index (κ2) is 3.81. The number of hydrogen-bond acceptors (Lipinski definition) is 8. The monoisotopic (exact) mass is 380 g/mol. The molecule has 2 aromatic rings. The summed E-state index contributed by atoms with van der Waals surface area (Å²) in [7, 11) is 0. The number of benzene rings is 2. The van der Waals surface area contributed by atoms with Crippen molar-refractivity contribution >= 4 is 22.3 Å². The number of ether oxygens (including phenoxy) is 5. The zero-order chi connectivity index (χ0) is 18.6. The summed E-state index contributed by atoms with van der Waals surface area (Å²) in [5, 5.41) is 12.5. The first kappa shape index (κ1) is 14.5. The lowest BCUT2D eigenvalue weighted by Crippen LogP contribution is -2.74. The van der Waals surface area contributed by atoms with Crippen LogP contribution in [0.25, 0.3) is 10.8 Å². The number of aliphatic hydroxyl groups excluding tert-OH is 1. The van der Waals surface area contributed by atoms with Crippen molar-refractivity contribution in [2.75, 3.05) is 0 Å². The standard InChI is InChI=1S/C20H12O8/c21-14-11-12(24-11)16(23)19-18(14,28-19)15(22)13-17(25-13)20(19)26-8-5-1-3-7-4-2-6-9(27-20)10(7)8/h1-6,11-14,17,21H/t11-,12+,13-,14+,17-,18+,19+/m1/s1. The van der Waals surface area contributed by atoms with Gasteiger partial charge in [-0.2, -0.15) is 0 Å². The van der Waals surface area contributed by atoms with Crippen LogP contribution in [0.5, 0.6) is 11.5 Å². The smallest absolute Gasteiger partial charge is 0.321 e. The van der Waals surface area contributed by atoms with E-state index in [0.29, 0.717) is 11.5 Å². The molecule has 8 nitrogen and oxygen atoms in total. The maximum Gasteiger partial charge on any atom is 0.321 e. The van der Waals surface area contributed by atoms with Crippen LogP contribution < -0.4 is 9.47 Å². The van der Waals surface area contributed by atoms with Crippen molar-refractivity contribution in [3.8, 4) is 11.5 Å². The van der Waals surface area contributed by atoms with Gasteiger partial charge < -0.3 is 28.8 Å². The summed E-state index contributed by atoms with van der Waals surface area (Å²) in [6.45, 7) is 0. The molecule has 2 aliphatic carbocycles. The number of ketones is 2. The third-order valence-electron chi connectivity index (χ3n) is 6.99. The molecule has 0 amide bonds. The molecule has 3 saturated heterocycles. The lowest BCUT2D eigenvalue weighted by Gasteiger charge is -2.44. The average molecular weight is 380 g/mol. The summed E-state index contributed by atoms with van der Waals surface area (Å²) in [6, 6.07) is 11.1. The summed E-state index contributed by atoms with van der Waals surface area (Å²) < 4.78 is 29.5. The molecule has 8 heteroatoms. The number of carbonyl (C=O) groups is 2. The molecule has 0 radical (unpaired) electrons. The van der Waals surface area contributed by atoms with Crippen molar-refractivity contribution in [1.82, 2.24) is 0 Å². The third-order valence-corrected chi connectivity index (χ3v) is 6.99. The largest absolute Gasteiger partial charge is 0.446 e. The molecule has 6 aliphatic rings. The van der Waals surface area contributed by atoms with Gasteiger partial charge in [0.25, 0.3) is 0 Å². The molecule has 1 spiro atoms. The van der Waals surface area contributed by atoms with Crippen LogP contribution in [0.15, 0.2) is 36.4 Å². The van der Waals surface area contributed by atoms with E-state index in [0.717, 1.165) is 10.8 Å². The van der Waals surface area contributed by atoms with Gasteiger partial charge in [0, 0.05) is 0 Å². The molecule has 4 aliphatic heterocycles. The number of hydrogen-bond donors (Lipinski definition) is 1. The fourth-order valence-corrected chi connectivity index (χ4v) is 5.66. The number of carbonyl (C=O) groups excluding carboxylic acids is 2. The van der Waals surface area contributed by atoms with Gasteiger partial charge in [0.2, 0.25) is 22.8 Å². The van der Waals surface area contributed by atoms with Crippen molar-refractivity contribution in [3.05, 3.63) is 36.4 Å². The van der Waals surface area contributed by atoms with Crippen LogP contribution in [0.3, 0.4) is 0 Å². The summed E-state index contributed by atoms with van der Waals surface area (Å²) in [5.41, 5.74) is -3.54. The molecular weight excluding hydrogens is 368 g/mol. The quantitative estimate of drug-likeness (QED) is 0.630. The second-order valence-corrected chi connectivity index (χ2v) is 8.17. The number of aliphatic hydroxyl groups is 1. The maximum absolute atomic E-state index is 13.3. The lowest BCUT2D eigenvalue weighted by molar-refractivity contribution is -0.193. The van der Waals surface area contributed by atoms with E-state index in [4.69, 9.17) is 23.7 Å². The van der Waals surface area contributed by atoms with Gasteiger partial charge >= 0.3 is 5.79 Å². The van der Waals surface area contributed by atoms with Gasteiger partial charge in [-0.05, 0) is 17.5 Å². The van der Waals surface area contributed by atoms with E-state index in [1.54, 1.807) is 12.1 Å². The highest BCUT2D eigenvalue weighted by molar-refractivity contribution is 6.14. The van der Waals surface area contributed by atoms with E-state index in [1.165, 1.54) is 0 Å². The minimum atomic E-state index is -1.79. The SMILES string of the molecule is O=C1[C@H]2O[C@H]2C2(Oc3cccc4cccc(c34)O2)[C@@]23O[C@@]12[C@@H](O)[C@@H]1O[C@@H]1C3=O. The Morgan fingerprint density at radius 3 is 2.32 bits per heavy atom. The maximum atomic E-state index is 13.3. The molecule has 0 unspecified atom stereocenters. The number of fused-ring (bicyclic) bond motifs is 3. The first-order valence-corrected chi connectivity index (χ1v) is 9.23. The van der Waals surface area contributed by atoms with Gasteiger partial charge in [0.05, 0.1) is 5.39 Å². The Hall–Kier alpha value is -2.52. The molecule has 0 bridgehead atoms. The number of epoxide rings is 3. The van der Waals surface area contributed by atoms with Crippen molar-refractivity contribution < 1.29 is 38.4 Å². The third kappa shape index (κ3) is 1.15. The van der Waals surface area contributed by atoms with Crippen molar-refractivity contribution in [3.63, 3.8) is 0 Å². The lowest BCUT2D eigenvalue weighted by atomic mass is 9.64. The van der Waals surface area contributed by atoms with Crippen LogP contribution in [-0.2, 0) is 23.8 Å². The van der Waals surface area contributed by atoms with Crippen LogP contribution in [0.4, 0.5) is 0 Å². The van der Waals surface area contributed by atoms with E-state index in [1.807, 2.05) is 24.3 Å². The fraction of sp³-hybridized carbons (Fsp3) is 0.400. The van der Waals surface area contributed by atoms with Gasteiger partial charge in [-0.3, -0.25) is 9.59 Å². The second-order valence-electron chi connectivity index (χ2n) is 8.17. The molecule has 0 aromatic heterocycles. The normalized spacial score (nSPS) is 47.2. The fourth-order valence-electron chi connectivity index (χ4n) is 5.66. The molecule has 28 heavy (non-hydrogen) atoms. The van der Waals surface area contributed by atoms with E-state index < -0.39 is 59.1 Å². The van der Waals surface area contributed by atoms with E-state index in [2.05, 4.69) is 0 Å². The summed E-state index contributed by atoms with van der Waals surface area (Å²) in [4.78, 5) is 26.3. The molecule has 2 aromatic carbocycles. The molecule has 2 saturated carbocycles. The molecular formula is C20H12O8. The molecule has 8 rings (SSSR count). The predicted molar refractivity (Wildman–Crippen MR) is 87.8 cm³/mol. The summed E-state index contributed by atoms with van der Waals surface area (Å²) in [6.07, 6.45) is -4.49. The van der Waals surface area contributed by atoms with Gasteiger partial charge in [0.1, 0.15) is 29.8 Å². The van der Waals surface area contributed by atoms with Crippen molar-refractivity contribution in [2.45, 2.75) is 47.5 Å². The zero-order valence-corrected chi connectivity index (χ0v) is 14.2. The summed E-state index contributed by atoms with van der Waals surface area (Å²) in [5.74, 6) is -1.53. The Labute approximate surface area is 156 Å². The van der Waals surface area contributed by atoms with Crippen molar-refractivity contribution in [2.24, 2.45) is 0 Å². The van der Waals surface area contributed by atoms with Crippen LogP contribution >= 0.6 is 0 Å². The Balaban J connectivity index is 1.41. The first-order valence-electron chi connectivity index (χ1n) is 9.23. The van der Waals surface area contributed by atoms with Gasteiger partial charge in [-0.25, -0.2) is 0 Å². The van der Waals surface area contributed by atoms with Crippen molar-refractivity contribution in [1.29, 1.82) is 0 Å². The minimum absolute atomic E-state index is 0.434. The molecule has 7 atom stereocenters. The van der Waals surface area contributed by atoms with Crippen LogP contribution in [-0.4, -0.2) is 64.2 Å². The molecule has 5 fully saturated rings. The Morgan fingerprint density at radius 2 is 1.61 bits per heavy atom. The summed E-state index contributed by atoms with van der Waals surface area (Å²) >= 11 is 0.